The summed E-state index contributed by atoms with van der Waals surface area (Å²) in [5.41, 5.74) is 0. The van der Waals surface area contributed by atoms with Crippen molar-refractivity contribution < 1.29 is 23.1 Å². The molecule has 21 heavy (non-hydrogen) atoms. The first-order valence-electron chi connectivity index (χ1n) is 7.26. The van der Waals surface area contributed by atoms with Gasteiger partial charge in [-0.25, -0.2) is 13.2 Å². The highest BCUT2D eigenvalue weighted by Crippen LogP contribution is 2.22. The third-order valence-corrected chi connectivity index (χ3v) is 6.00. The van der Waals surface area contributed by atoms with Gasteiger partial charge in [-0.1, -0.05) is 6.92 Å². The second-order valence-corrected chi connectivity index (χ2v) is 8.26. The third kappa shape index (κ3) is 4.09. The fourth-order valence-corrected chi connectivity index (χ4v) is 4.63. The Bertz CT molecular complexity index is 511. The Morgan fingerprint density at radius 2 is 1.86 bits per heavy atom. The van der Waals surface area contributed by atoms with Crippen LogP contribution in [-0.4, -0.2) is 72.5 Å². The van der Waals surface area contributed by atoms with Crippen molar-refractivity contribution in [2.75, 3.05) is 31.1 Å². The average Bonchev–Trinajstić information content (AvgIpc) is 2.76. The van der Waals surface area contributed by atoms with E-state index in [-0.39, 0.29) is 17.5 Å². The summed E-state index contributed by atoms with van der Waals surface area (Å²) in [4.78, 5) is 26.4. The number of amides is 2. The van der Waals surface area contributed by atoms with Crippen LogP contribution in [0.1, 0.15) is 26.2 Å². The molecule has 0 aromatic carbocycles. The highest BCUT2D eigenvalue weighted by molar-refractivity contribution is 7.91. The van der Waals surface area contributed by atoms with Crippen molar-refractivity contribution in [2.24, 2.45) is 5.92 Å². The number of sulfone groups is 1. The molecule has 0 spiro atoms. The molecule has 0 saturated carbocycles. The SMILES string of the molecule is CC1CCN(C(=O)N(CC(=O)O)C2CCS(=O)(=O)C2)CC1. The molecule has 0 aliphatic carbocycles. The number of hydrogen-bond acceptors (Lipinski definition) is 4. The van der Waals surface area contributed by atoms with E-state index in [1.807, 2.05) is 0 Å². The molecule has 1 N–H and O–H groups in total. The second kappa shape index (κ2) is 6.21. The summed E-state index contributed by atoms with van der Waals surface area (Å²) in [6.45, 7) is 2.90. The van der Waals surface area contributed by atoms with Crippen LogP contribution in [0.25, 0.3) is 0 Å². The van der Waals surface area contributed by atoms with E-state index in [1.54, 1.807) is 4.90 Å². The molecule has 0 aromatic heterocycles. The van der Waals surface area contributed by atoms with E-state index >= 15 is 0 Å². The largest absolute Gasteiger partial charge is 0.480 e. The number of carbonyl (C=O) groups is 2. The molecular weight excluding hydrogens is 296 g/mol. The van der Waals surface area contributed by atoms with Crippen molar-refractivity contribution in [1.82, 2.24) is 9.80 Å². The monoisotopic (exact) mass is 318 g/mol. The Balaban J connectivity index is 2.08. The minimum atomic E-state index is -3.15. The number of likely N-dealkylation sites (tertiary alicyclic amines) is 1. The van der Waals surface area contributed by atoms with Crippen LogP contribution in [0.15, 0.2) is 0 Å². The first-order chi connectivity index (χ1) is 9.78. The molecule has 1 atom stereocenters. The van der Waals surface area contributed by atoms with Crippen molar-refractivity contribution >= 4 is 21.8 Å². The fourth-order valence-electron chi connectivity index (χ4n) is 2.90. The van der Waals surface area contributed by atoms with Gasteiger partial charge in [0.15, 0.2) is 9.84 Å². The number of hydrogen-bond donors (Lipinski definition) is 1. The summed E-state index contributed by atoms with van der Waals surface area (Å²) in [6, 6.07) is -0.857. The molecule has 0 bridgehead atoms. The Hall–Kier alpha value is -1.31. The van der Waals surface area contributed by atoms with Gasteiger partial charge in [-0.05, 0) is 25.2 Å². The molecular formula is C13H22N2O5S. The van der Waals surface area contributed by atoms with Crippen LogP contribution in [-0.2, 0) is 14.6 Å². The molecule has 0 aromatic rings. The maximum absolute atomic E-state index is 12.5. The van der Waals surface area contributed by atoms with E-state index in [0.717, 1.165) is 12.8 Å². The summed E-state index contributed by atoms with van der Waals surface area (Å²) in [6.07, 6.45) is 2.12. The third-order valence-electron chi connectivity index (χ3n) is 4.25. The quantitative estimate of drug-likeness (QED) is 0.813. The van der Waals surface area contributed by atoms with E-state index in [4.69, 9.17) is 5.11 Å². The Labute approximate surface area is 124 Å². The highest BCUT2D eigenvalue weighted by Gasteiger charge is 2.37. The predicted octanol–water partition coefficient (Wildman–Crippen LogP) is 0.412. The predicted molar refractivity (Wildman–Crippen MR) is 76.8 cm³/mol. The average molecular weight is 318 g/mol. The molecule has 8 heteroatoms. The van der Waals surface area contributed by atoms with Crippen LogP contribution in [0.2, 0.25) is 0 Å². The molecule has 0 radical (unpaired) electrons. The van der Waals surface area contributed by atoms with Crippen LogP contribution >= 0.6 is 0 Å². The minimum Gasteiger partial charge on any atom is -0.480 e. The number of carboxylic acids is 1. The van der Waals surface area contributed by atoms with Gasteiger partial charge in [0.2, 0.25) is 0 Å². The zero-order valence-corrected chi connectivity index (χ0v) is 13.0. The number of nitrogens with zero attached hydrogens (tertiary/aromatic N) is 2. The minimum absolute atomic E-state index is 0.0259. The Morgan fingerprint density at radius 1 is 1.24 bits per heavy atom. The molecule has 2 heterocycles. The molecule has 1 unspecified atom stereocenters. The lowest BCUT2D eigenvalue weighted by atomic mass is 9.99. The highest BCUT2D eigenvalue weighted by atomic mass is 32.2. The Morgan fingerprint density at radius 3 is 2.33 bits per heavy atom. The molecule has 7 nitrogen and oxygen atoms in total. The summed E-state index contributed by atoms with van der Waals surface area (Å²) in [5.74, 6) is -0.652. The van der Waals surface area contributed by atoms with Crippen molar-refractivity contribution in [1.29, 1.82) is 0 Å². The Kier molecular flexibility index (Phi) is 4.75. The van der Waals surface area contributed by atoms with Crippen LogP contribution in [0.3, 0.4) is 0 Å². The maximum atomic E-state index is 12.5. The van der Waals surface area contributed by atoms with Crippen LogP contribution < -0.4 is 0 Å². The molecule has 2 amide bonds. The lowest BCUT2D eigenvalue weighted by molar-refractivity contribution is -0.138. The van der Waals surface area contributed by atoms with Crippen molar-refractivity contribution in [3.8, 4) is 0 Å². The van der Waals surface area contributed by atoms with E-state index in [0.29, 0.717) is 25.4 Å². The van der Waals surface area contributed by atoms with Gasteiger partial charge in [0.25, 0.3) is 0 Å². The van der Waals surface area contributed by atoms with Gasteiger partial charge < -0.3 is 14.9 Å². The number of aliphatic carboxylic acids is 1. The number of carbonyl (C=O) groups excluding carboxylic acids is 1. The zero-order chi connectivity index (χ0) is 15.6. The molecule has 2 aliphatic heterocycles. The first kappa shape index (κ1) is 16.1. The van der Waals surface area contributed by atoms with Crippen molar-refractivity contribution in [3.05, 3.63) is 0 Å². The normalized spacial score (nSPS) is 25.8. The summed E-state index contributed by atoms with van der Waals surface area (Å²) < 4.78 is 23.1. The molecule has 120 valence electrons. The van der Waals surface area contributed by atoms with Gasteiger partial charge in [-0.15, -0.1) is 0 Å². The molecule has 2 aliphatic rings. The van der Waals surface area contributed by atoms with Gasteiger partial charge in [-0.2, -0.15) is 0 Å². The zero-order valence-electron chi connectivity index (χ0n) is 12.2. The number of piperidine rings is 1. The summed E-state index contributed by atoms with van der Waals surface area (Å²) >= 11 is 0. The second-order valence-electron chi connectivity index (χ2n) is 6.03. The smallest absolute Gasteiger partial charge is 0.323 e. The van der Waals surface area contributed by atoms with Gasteiger partial charge in [0.1, 0.15) is 6.54 Å². The van der Waals surface area contributed by atoms with E-state index < -0.39 is 28.4 Å². The van der Waals surface area contributed by atoms with Crippen LogP contribution in [0, 0.1) is 5.92 Å². The number of rotatable bonds is 3. The van der Waals surface area contributed by atoms with Crippen LogP contribution in [0.5, 0.6) is 0 Å². The lowest BCUT2D eigenvalue weighted by Crippen LogP contribution is -2.52. The van der Waals surface area contributed by atoms with E-state index in [9.17, 15) is 18.0 Å². The number of carboxylic acid groups (broad SMARTS) is 1. The van der Waals surface area contributed by atoms with Crippen molar-refractivity contribution in [3.63, 3.8) is 0 Å². The standard InChI is InChI=1S/C13H22N2O5S/c1-10-2-5-14(6-3-10)13(18)15(8-12(16)17)11-4-7-21(19,20)9-11/h10-11H,2-9H2,1H3,(H,16,17). The van der Waals surface area contributed by atoms with Gasteiger partial charge in [-0.3, -0.25) is 4.79 Å². The van der Waals surface area contributed by atoms with E-state index in [2.05, 4.69) is 6.92 Å². The lowest BCUT2D eigenvalue weighted by Gasteiger charge is -2.36. The van der Waals surface area contributed by atoms with Crippen LogP contribution in [0.4, 0.5) is 4.79 Å². The summed E-state index contributed by atoms with van der Waals surface area (Å²) in [5, 5.41) is 9.00. The first-order valence-corrected chi connectivity index (χ1v) is 9.08. The summed E-state index contributed by atoms with van der Waals surface area (Å²) in [7, 11) is -3.15. The number of urea groups is 1. The molecule has 2 fully saturated rings. The van der Waals surface area contributed by atoms with Gasteiger partial charge in [0.05, 0.1) is 11.5 Å². The maximum Gasteiger partial charge on any atom is 0.323 e. The molecule has 2 rings (SSSR count). The molecule has 2 saturated heterocycles. The van der Waals surface area contributed by atoms with Gasteiger partial charge in [0, 0.05) is 19.1 Å². The topological polar surface area (TPSA) is 95.0 Å². The van der Waals surface area contributed by atoms with Crippen molar-refractivity contribution in [2.45, 2.75) is 32.2 Å². The fraction of sp³-hybridized carbons (Fsp3) is 0.846. The van der Waals surface area contributed by atoms with Gasteiger partial charge >= 0.3 is 12.0 Å². The van der Waals surface area contributed by atoms with E-state index in [1.165, 1.54) is 4.90 Å².